The number of hydrogen-bond acceptors (Lipinski definition) is 7. The summed E-state index contributed by atoms with van der Waals surface area (Å²) in [5, 5.41) is 4.09. The molecule has 4 aromatic rings. The van der Waals surface area contributed by atoms with Crippen LogP contribution < -0.4 is 0 Å². The van der Waals surface area contributed by atoms with Crippen LogP contribution in [0, 0.1) is 25.5 Å². The van der Waals surface area contributed by atoms with Gasteiger partial charge in [0.2, 0.25) is 0 Å². The van der Waals surface area contributed by atoms with Crippen molar-refractivity contribution >= 4 is 11.2 Å². The van der Waals surface area contributed by atoms with Gasteiger partial charge in [-0.2, -0.15) is 5.10 Å². The van der Waals surface area contributed by atoms with Gasteiger partial charge in [-0.05, 0) is 57.7 Å². The summed E-state index contributed by atoms with van der Waals surface area (Å²) >= 11 is 0. The zero-order valence-corrected chi connectivity index (χ0v) is 19.8. The predicted octanol–water partition coefficient (Wildman–Crippen LogP) is 4.97. The molecule has 0 amide bonds. The number of halogens is 2. The van der Waals surface area contributed by atoms with E-state index in [1.54, 1.807) is 6.92 Å². The van der Waals surface area contributed by atoms with Crippen molar-refractivity contribution in [1.82, 2.24) is 29.7 Å². The molecule has 0 spiro atoms. The number of ether oxygens (including phenoxy) is 2. The Morgan fingerprint density at radius 3 is 2.37 bits per heavy atom. The van der Waals surface area contributed by atoms with E-state index < -0.39 is 11.6 Å². The topological polar surface area (TPSA) is 87.8 Å². The first-order chi connectivity index (χ1) is 17.0. The maximum absolute atomic E-state index is 13.9. The van der Waals surface area contributed by atoms with Crippen LogP contribution in [-0.2, 0) is 9.47 Å². The Morgan fingerprint density at radius 1 is 0.971 bits per heavy atom. The number of nitrogens with zero attached hydrogens (tertiary/aromatic N) is 6. The molecule has 35 heavy (non-hydrogen) atoms. The molecular weight excluding hydrogens is 454 g/mol. The van der Waals surface area contributed by atoms with E-state index in [2.05, 4.69) is 25.0 Å². The summed E-state index contributed by atoms with van der Waals surface area (Å²) in [7, 11) is 0. The van der Waals surface area contributed by atoms with Crippen molar-refractivity contribution in [3.8, 4) is 11.3 Å². The second-order valence-electron chi connectivity index (χ2n) is 8.27. The molecule has 2 fully saturated rings. The van der Waals surface area contributed by atoms with E-state index in [9.17, 15) is 8.78 Å². The lowest BCUT2D eigenvalue weighted by Crippen LogP contribution is -2.00. The van der Waals surface area contributed by atoms with E-state index in [1.165, 1.54) is 31.3 Å². The lowest BCUT2D eigenvalue weighted by Gasteiger charge is -2.07. The molecule has 1 saturated heterocycles. The number of aryl methyl sites for hydroxylation is 2. The van der Waals surface area contributed by atoms with Crippen LogP contribution >= 0.6 is 0 Å². The van der Waals surface area contributed by atoms with Gasteiger partial charge in [-0.3, -0.25) is 4.68 Å². The van der Waals surface area contributed by atoms with Crippen LogP contribution in [0.3, 0.4) is 0 Å². The smallest absolute Gasteiger partial charge is 0.182 e. The molecule has 6 rings (SSSR count). The van der Waals surface area contributed by atoms with E-state index in [4.69, 9.17) is 9.47 Å². The molecule has 2 aliphatic rings. The molecule has 1 aliphatic carbocycles. The van der Waals surface area contributed by atoms with Crippen LogP contribution in [0.1, 0.15) is 43.1 Å². The van der Waals surface area contributed by atoms with Crippen LogP contribution in [0.25, 0.3) is 22.4 Å². The molecule has 0 N–H and O–H groups in total. The highest BCUT2D eigenvalue weighted by Crippen LogP contribution is 2.33. The Labute approximate surface area is 202 Å². The fraction of sp³-hybridized carbons (Fsp3) is 0.400. The van der Waals surface area contributed by atoms with Crippen molar-refractivity contribution in [3.05, 3.63) is 66.0 Å². The average Bonchev–Trinajstić information content (AvgIpc) is 3.63. The maximum Gasteiger partial charge on any atom is 0.182 e. The third kappa shape index (κ3) is 6.83. The molecular formula is C25H28F2N6O2. The molecule has 1 saturated carbocycles. The van der Waals surface area contributed by atoms with Crippen molar-refractivity contribution in [2.45, 2.75) is 45.6 Å². The summed E-state index contributed by atoms with van der Waals surface area (Å²) in [6, 6.07) is 6.05. The molecule has 1 aliphatic heterocycles. The molecule has 0 bridgehead atoms. The molecule has 184 valence electrons. The van der Waals surface area contributed by atoms with Crippen LogP contribution in [0.5, 0.6) is 0 Å². The fourth-order valence-corrected chi connectivity index (χ4v) is 3.34. The number of fused-ring (bicyclic) bond motifs is 1. The zero-order valence-electron chi connectivity index (χ0n) is 19.8. The second-order valence-corrected chi connectivity index (χ2v) is 8.27. The monoisotopic (exact) mass is 482 g/mol. The van der Waals surface area contributed by atoms with Gasteiger partial charge in [-0.1, -0.05) is 0 Å². The van der Waals surface area contributed by atoms with Crippen molar-refractivity contribution in [1.29, 1.82) is 0 Å². The zero-order chi connectivity index (χ0) is 24.6. The number of hydrogen-bond donors (Lipinski definition) is 0. The lowest BCUT2D eigenvalue weighted by atomic mass is 10.1. The summed E-state index contributed by atoms with van der Waals surface area (Å²) in [6.45, 7) is 5.88. The number of rotatable bonds is 2. The van der Waals surface area contributed by atoms with Gasteiger partial charge in [-0.25, -0.2) is 28.7 Å². The normalized spacial score (nSPS) is 15.4. The fourth-order valence-electron chi connectivity index (χ4n) is 3.34. The standard InChI is InChI=1S/C14H10F2N4.C6H8N2.C5H10O2/c1-7-8(2)20-14-13(19-7)12(17-6-18-14)10-4-3-9(15)5-11(10)16;1-4-7-8(5-1)6-2-3-6;1-2-4-7-5-6-3-1/h3-6H,1-2H3;1,4-6H,2-3H2;1-5H2. The summed E-state index contributed by atoms with van der Waals surface area (Å²) in [5.41, 5.74) is 2.75. The van der Waals surface area contributed by atoms with E-state index >= 15 is 0 Å². The van der Waals surface area contributed by atoms with Gasteiger partial charge in [0, 0.05) is 37.2 Å². The first kappa shape index (κ1) is 24.7. The Bertz CT molecular complexity index is 1230. The summed E-state index contributed by atoms with van der Waals surface area (Å²) in [5.74, 6) is -1.33. The van der Waals surface area contributed by atoms with Crippen molar-refractivity contribution in [2.24, 2.45) is 0 Å². The third-order valence-electron chi connectivity index (χ3n) is 5.51. The Hall–Kier alpha value is -3.37. The van der Waals surface area contributed by atoms with Gasteiger partial charge in [0.25, 0.3) is 0 Å². The minimum atomic E-state index is -0.690. The van der Waals surface area contributed by atoms with Gasteiger partial charge < -0.3 is 9.47 Å². The molecule has 3 aromatic heterocycles. The third-order valence-corrected chi connectivity index (χ3v) is 5.51. The van der Waals surface area contributed by atoms with Crippen LogP contribution in [0.15, 0.2) is 43.0 Å². The van der Waals surface area contributed by atoms with Crippen molar-refractivity contribution in [3.63, 3.8) is 0 Å². The Morgan fingerprint density at radius 2 is 1.71 bits per heavy atom. The van der Waals surface area contributed by atoms with E-state index in [-0.39, 0.29) is 5.56 Å². The summed E-state index contributed by atoms with van der Waals surface area (Å²) in [4.78, 5) is 16.8. The van der Waals surface area contributed by atoms with Gasteiger partial charge >= 0.3 is 0 Å². The minimum Gasteiger partial charge on any atom is -0.355 e. The number of benzene rings is 1. The quantitative estimate of drug-likeness (QED) is 0.399. The number of aromatic nitrogens is 6. The van der Waals surface area contributed by atoms with Crippen LogP contribution in [0.2, 0.25) is 0 Å². The molecule has 0 radical (unpaired) electrons. The highest BCUT2D eigenvalue weighted by molar-refractivity contribution is 5.86. The van der Waals surface area contributed by atoms with Crippen molar-refractivity contribution in [2.75, 3.05) is 20.0 Å². The van der Waals surface area contributed by atoms with Gasteiger partial charge in [-0.15, -0.1) is 0 Å². The van der Waals surface area contributed by atoms with Gasteiger partial charge in [0.15, 0.2) is 5.65 Å². The van der Waals surface area contributed by atoms with E-state index in [0.717, 1.165) is 49.6 Å². The largest absolute Gasteiger partial charge is 0.355 e. The molecule has 0 atom stereocenters. The van der Waals surface area contributed by atoms with Gasteiger partial charge in [0.1, 0.15) is 36.0 Å². The van der Waals surface area contributed by atoms with E-state index in [1.807, 2.05) is 30.1 Å². The minimum absolute atomic E-state index is 0.177. The molecule has 10 heteroatoms. The van der Waals surface area contributed by atoms with Crippen LogP contribution in [-0.4, -0.2) is 49.7 Å². The summed E-state index contributed by atoms with van der Waals surface area (Å²) < 4.78 is 38.9. The van der Waals surface area contributed by atoms with Crippen LogP contribution in [0.4, 0.5) is 8.78 Å². The van der Waals surface area contributed by atoms with Gasteiger partial charge in [0.05, 0.1) is 17.4 Å². The predicted molar refractivity (Wildman–Crippen MR) is 126 cm³/mol. The van der Waals surface area contributed by atoms with E-state index in [0.29, 0.717) is 23.7 Å². The first-order valence-electron chi connectivity index (χ1n) is 11.6. The highest BCUT2D eigenvalue weighted by Gasteiger charge is 2.23. The molecule has 0 unspecified atom stereocenters. The van der Waals surface area contributed by atoms with Crippen molar-refractivity contribution < 1.29 is 18.3 Å². The average molecular weight is 483 g/mol. The highest BCUT2D eigenvalue weighted by atomic mass is 19.1. The Balaban J connectivity index is 0.000000156. The second kappa shape index (κ2) is 11.9. The molecule has 4 heterocycles. The summed E-state index contributed by atoms with van der Waals surface area (Å²) in [6.07, 6.45) is 10.1. The first-order valence-corrected chi connectivity index (χ1v) is 11.6. The molecule has 8 nitrogen and oxygen atoms in total. The maximum atomic E-state index is 13.9. The SMILES string of the molecule is C1CCOCOC1.Cc1nc2ncnc(-c3ccc(F)cc3F)c2nc1C.c1cnn(C2CC2)c1. The Kier molecular flexibility index (Phi) is 8.38. The lowest BCUT2D eigenvalue weighted by molar-refractivity contribution is -0.0318. The molecule has 1 aromatic carbocycles.